The van der Waals surface area contributed by atoms with Gasteiger partial charge in [-0.1, -0.05) is 6.07 Å². The van der Waals surface area contributed by atoms with Crippen LogP contribution in [0.2, 0.25) is 0 Å². The standard InChI is InChI=1S/C14H20N2O3/c1-9(2)19-13-7-10(4-5-12(13)18-3)6-11-8-15-14(17)16-11/h4-5,7,9,11H,6,8H2,1-3H3,(H2,15,16,17). The smallest absolute Gasteiger partial charge is 0.315 e. The quantitative estimate of drug-likeness (QED) is 0.851. The predicted molar refractivity (Wildman–Crippen MR) is 72.8 cm³/mol. The van der Waals surface area contributed by atoms with Gasteiger partial charge in [0.05, 0.1) is 19.3 Å². The highest BCUT2D eigenvalue weighted by Crippen LogP contribution is 2.29. The van der Waals surface area contributed by atoms with Gasteiger partial charge in [-0.2, -0.15) is 0 Å². The first kappa shape index (κ1) is 13.5. The number of hydrogen-bond acceptors (Lipinski definition) is 3. The number of urea groups is 1. The molecule has 0 aliphatic carbocycles. The van der Waals surface area contributed by atoms with E-state index in [2.05, 4.69) is 10.6 Å². The van der Waals surface area contributed by atoms with Crippen LogP contribution in [0.15, 0.2) is 18.2 Å². The van der Waals surface area contributed by atoms with Gasteiger partial charge in [0, 0.05) is 6.54 Å². The Morgan fingerprint density at radius 1 is 1.37 bits per heavy atom. The van der Waals surface area contributed by atoms with Crippen LogP contribution in [0.3, 0.4) is 0 Å². The molecule has 2 amide bonds. The molecule has 0 saturated carbocycles. The van der Waals surface area contributed by atoms with Crippen molar-refractivity contribution in [1.82, 2.24) is 10.6 Å². The summed E-state index contributed by atoms with van der Waals surface area (Å²) in [6.45, 7) is 4.62. The molecule has 1 heterocycles. The third kappa shape index (κ3) is 3.53. The van der Waals surface area contributed by atoms with E-state index < -0.39 is 0 Å². The Hall–Kier alpha value is -1.91. The fraction of sp³-hybridized carbons (Fsp3) is 0.500. The molecule has 2 rings (SSSR count). The molecule has 1 aliphatic rings. The molecular formula is C14H20N2O3. The Labute approximate surface area is 113 Å². The molecule has 0 radical (unpaired) electrons. The Balaban J connectivity index is 2.10. The van der Waals surface area contributed by atoms with Crippen molar-refractivity contribution < 1.29 is 14.3 Å². The van der Waals surface area contributed by atoms with Crippen LogP contribution < -0.4 is 20.1 Å². The first-order valence-electron chi connectivity index (χ1n) is 6.46. The second-order valence-electron chi connectivity index (χ2n) is 4.91. The SMILES string of the molecule is COc1ccc(CC2CNC(=O)N2)cc1OC(C)C. The topological polar surface area (TPSA) is 59.6 Å². The maximum atomic E-state index is 11.1. The maximum Gasteiger partial charge on any atom is 0.315 e. The van der Waals surface area contributed by atoms with E-state index in [9.17, 15) is 4.79 Å². The van der Waals surface area contributed by atoms with Crippen molar-refractivity contribution >= 4 is 6.03 Å². The van der Waals surface area contributed by atoms with Gasteiger partial charge in [-0.05, 0) is 38.0 Å². The Morgan fingerprint density at radius 2 is 2.16 bits per heavy atom. The number of carbonyl (C=O) groups excluding carboxylic acids is 1. The predicted octanol–water partition coefficient (Wildman–Crippen LogP) is 1.71. The van der Waals surface area contributed by atoms with E-state index in [1.165, 1.54) is 0 Å². The molecule has 1 saturated heterocycles. The number of methoxy groups -OCH3 is 1. The van der Waals surface area contributed by atoms with E-state index in [0.717, 1.165) is 23.5 Å². The molecule has 1 aliphatic heterocycles. The highest BCUT2D eigenvalue weighted by atomic mass is 16.5. The molecule has 0 spiro atoms. The summed E-state index contributed by atoms with van der Waals surface area (Å²) in [4.78, 5) is 11.1. The van der Waals surface area contributed by atoms with Crippen LogP contribution in [-0.2, 0) is 6.42 Å². The number of amides is 2. The molecule has 0 bridgehead atoms. The lowest BCUT2D eigenvalue weighted by molar-refractivity contribution is 0.230. The zero-order valence-corrected chi connectivity index (χ0v) is 11.5. The second kappa shape index (κ2) is 5.82. The van der Waals surface area contributed by atoms with Crippen molar-refractivity contribution in [1.29, 1.82) is 0 Å². The summed E-state index contributed by atoms with van der Waals surface area (Å²) in [5, 5.41) is 5.62. The zero-order chi connectivity index (χ0) is 13.8. The lowest BCUT2D eigenvalue weighted by Gasteiger charge is -2.16. The van der Waals surface area contributed by atoms with E-state index in [1.807, 2.05) is 32.0 Å². The summed E-state index contributed by atoms with van der Waals surface area (Å²) in [6.07, 6.45) is 0.869. The maximum absolute atomic E-state index is 11.1. The molecule has 5 heteroatoms. The zero-order valence-electron chi connectivity index (χ0n) is 11.5. The van der Waals surface area contributed by atoms with E-state index in [-0.39, 0.29) is 18.2 Å². The second-order valence-corrected chi connectivity index (χ2v) is 4.91. The third-order valence-corrected chi connectivity index (χ3v) is 2.92. The van der Waals surface area contributed by atoms with E-state index in [1.54, 1.807) is 7.11 Å². The van der Waals surface area contributed by atoms with Crippen molar-refractivity contribution in [2.45, 2.75) is 32.4 Å². The Kier molecular flexibility index (Phi) is 4.14. The van der Waals surface area contributed by atoms with Gasteiger partial charge in [-0.15, -0.1) is 0 Å². The summed E-state index contributed by atoms with van der Waals surface area (Å²) in [7, 11) is 1.63. The van der Waals surface area contributed by atoms with Crippen molar-refractivity contribution in [2.24, 2.45) is 0 Å². The van der Waals surface area contributed by atoms with Crippen LogP contribution in [0.5, 0.6) is 11.5 Å². The van der Waals surface area contributed by atoms with Crippen molar-refractivity contribution in [3.8, 4) is 11.5 Å². The molecule has 19 heavy (non-hydrogen) atoms. The molecule has 2 N–H and O–H groups in total. The first-order valence-corrected chi connectivity index (χ1v) is 6.46. The minimum absolute atomic E-state index is 0.0944. The van der Waals surface area contributed by atoms with Crippen molar-refractivity contribution in [3.63, 3.8) is 0 Å². The van der Waals surface area contributed by atoms with E-state index in [4.69, 9.17) is 9.47 Å². The number of ether oxygens (including phenoxy) is 2. The summed E-state index contributed by atoms with van der Waals surface area (Å²) in [6, 6.07) is 5.90. The molecule has 1 atom stereocenters. The highest BCUT2D eigenvalue weighted by molar-refractivity contribution is 5.76. The molecule has 1 unspecified atom stereocenters. The van der Waals surface area contributed by atoms with Crippen molar-refractivity contribution in [3.05, 3.63) is 23.8 Å². The van der Waals surface area contributed by atoms with Crippen LogP contribution in [0.4, 0.5) is 4.79 Å². The molecule has 1 aromatic carbocycles. The molecule has 1 fully saturated rings. The fourth-order valence-electron chi connectivity index (χ4n) is 2.11. The van der Waals surface area contributed by atoms with Gasteiger partial charge >= 0.3 is 6.03 Å². The lowest BCUT2D eigenvalue weighted by Crippen LogP contribution is -2.28. The highest BCUT2D eigenvalue weighted by Gasteiger charge is 2.20. The Bertz CT molecular complexity index is 460. The van der Waals surface area contributed by atoms with Crippen LogP contribution >= 0.6 is 0 Å². The van der Waals surface area contributed by atoms with Gasteiger partial charge in [0.15, 0.2) is 11.5 Å². The Morgan fingerprint density at radius 3 is 2.74 bits per heavy atom. The average Bonchev–Trinajstić information content (AvgIpc) is 2.74. The van der Waals surface area contributed by atoms with Gasteiger partial charge in [-0.25, -0.2) is 4.79 Å². The number of benzene rings is 1. The minimum atomic E-state index is -0.0998. The number of carbonyl (C=O) groups is 1. The molecule has 1 aromatic rings. The lowest BCUT2D eigenvalue weighted by atomic mass is 10.1. The normalized spacial score (nSPS) is 18.1. The van der Waals surface area contributed by atoms with Gasteiger partial charge in [0.1, 0.15) is 0 Å². The summed E-state index contributed by atoms with van der Waals surface area (Å²) in [5.74, 6) is 1.47. The van der Waals surface area contributed by atoms with E-state index >= 15 is 0 Å². The summed E-state index contributed by atoms with van der Waals surface area (Å²) in [5.41, 5.74) is 1.12. The summed E-state index contributed by atoms with van der Waals surface area (Å²) >= 11 is 0. The van der Waals surface area contributed by atoms with Crippen LogP contribution in [0.1, 0.15) is 19.4 Å². The van der Waals surface area contributed by atoms with Crippen LogP contribution in [0.25, 0.3) is 0 Å². The third-order valence-electron chi connectivity index (χ3n) is 2.92. The molecule has 0 aromatic heterocycles. The van der Waals surface area contributed by atoms with Crippen LogP contribution in [0, 0.1) is 0 Å². The van der Waals surface area contributed by atoms with Gasteiger partial charge in [0.25, 0.3) is 0 Å². The molecular weight excluding hydrogens is 244 g/mol. The van der Waals surface area contributed by atoms with E-state index in [0.29, 0.717) is 6.54 Å². The number of hydrogen-bond donors (Lipinski definition) is 2. The molecule has 104 valence electrons. The summed E-state index contributed by atoms with van der Waals surface area (Å²) < 4.78 is 11.0. The van der Waals surface area contributed by atoms with Gasteiger partial charge in [0.2, 0.25) is 0 Å². The first-order chi connectivity index (χ1) is 9.08. The minimum Gasteiger partial charge on any atom is -0.493 e. The van der Waals surface area contributed by atoms with Crippen molar-refractivity contribution in [2.75, 3.05) is 13.7 Å². The number of rotatable bonds is 5. The average molecular weight is 264 g/mol. The van der Waals surface area contributed by atoms with Crippen LogP contribution in [-0.4, -0.2) is 31.8 Å². The number of nitrogens with one attached hydrogen (secondary N) is 2. The molecule has 5 nitrogen and oxygen atoms in total. The largest absolute Gasteiger partial charge is 0.493 e. The monoisotopic (exact) mass is 264 g/mol. The van der Waals surface area contributed by atoms with Gasteiger partial charge in [-0.3, -0.25) is 0 Å². The fourth-order valence-corrected chi connectivity index (χ4v) is 2.11. The van der Waals surface area contributed by atoms with Gasteiger partial charge < -0.3 is 20.1 Å².